The van der Waals surface area contributed by atoms with Gasteiger partial charge in [-0.05, 0) is 58.3 Å². The van der Waals surface area contributed by atoms with Crippen LogP contribution >= 0.6 is 27.5 Å². The molecule has 0 saturated carbocycles. The molecule has 0 saturated heterocycles. The molecule has 178 valence electrons. The summed E-state index contributed by atoms with van der Waals surface area (Å²) in [6.07, 6.45) is 1.51. The summed E-state index contributed by atoms with van der Waals surface area (Å²) in [6, 6.07) is 15.3. The summed E-state index contributed by atoms with van der Waals surface area (Å²) in [5, 5.41) is 11.3. The summed E-state index contributed by atoms with van der Waals surface area (Å²) in [5.74, 6) is 0.142. The first kappa shape index (κ1) is 24.4. The van der Waals surface area contributed by atoms with E-state index in [1.54, 1.807) is 12.1 Å². The van der Waals surface area contributed by atoms with E-state index in [9.17, 15) is 14.9 Å². The van der Waals surface area contributed by atoms with Gasteiger partial charge < -0.3 is 14.2 Å². The summed E-state index contributed by atoms with van der Waals surface area (Å²) in [7, 11) is 1.52. The van der Waals surface area contributed by atoms with E-state index < -0.39 is 10.9 Å². The van der Waals surface area contributed by atoms with Crippen molar-refractivity contribution in [2.24, 2.45) is 4.99 Å². The summed E-state index contributed by atoms with van der Waals surface area (Å²) in [5.41, 5.74) is 2.72. The summed E-state index contributed by atoms with van der Waals surface area (Å²) >= 11 is 9.65. The third-order valence-electron chi connectivity index (χ3n) is 5.07. The lowest BCUT2D eigenvalue weighted by Crippen LogP contribution is -2.06. The van der Waals surface area contributed by atoms with Crippen molar-refractivity contribution in [3.05, 3.63) is 102 Å². The van der Waals surface area contributed by atoms with Gasteiger partial charge in [-0.3, -0.25) is 10.1 Å². The Morgan fingerprint density at radius 3 is 2.60 bits per heavy atom. The number of hydrogen-bond acceptors (Lipinski definition) is 7. The number of aliphatic imine (C=N–C) groups is 1. The Bertz CT molecular complexity index is 1390. The van der Waals surface area contributed by atoms with Gasteiger partial charge in [-0.15, -0.1) is 0 Å². The molecule has 35 heavy (non-hydrogen) atoms. The molecule has 0 fully saturated rings. The van der Waals surface area contributed by atoms with E-state index in [1.165, 1.54) is 31.4 Å². The number of cyclic esters (lactones) is 1. The number of methoxy groups -OCH3 is 1. The van der Waals surface area contributed by atoms with Gasteiger partial charge in [0.1, 0.15) is 6.61 Å². The Labute approximate surface area is 214 Å². The number of hydrogen-bond donors (Lipinski definition) is 0. The number of rotatable bonds is 7. The minimum absolute atomic E-state index is 0.00449. The number of aryl methyl sites for hydroxylation is 1. The molecule has 0 amide bonds. The Morgan fingerprint density at radius 1 is 1.17 bits per heavy atom. The maximum Gasteiger partial charge on any atom is 0.363 e. The number of halogens is 2. The maximum atomic E-state index is 12.4. The van der Waals surface area contributed by atoms with E-state index in [-0.39, 0.29) is 27.9 Å². The largest absolute Gasteiger partial charge is 0.493 e. The quantitative estimate of drug-likeness (QED) is 0.147. The van der Waals surface area contributed by atoms with Crippen LogP contribution < -0.4 is 9.47 Å². The van der Waals surface area contributed by atoms with Crippen LogP contribution in [-0.4, -0.2) is 23.9 Å². The molecule has 4 rings (SSSR count). The monoisotopic (exact) mass is 556 g/mol. The van der Waals surface area contributed by atoms with E-state index in [4.69, 9.17) is 25.8 Å². The van der Waals surface area contributed by atoms with Crippen molar-refractivity contribution in [1.82, 2.24) is 0 Å². The normalized spacial score (nSPS) is 14.0. The van der Waals surface area contributed by atoms with E-state index in [0.717, 1.165) is 11.1 Å². The number of nitrogens with zero attached hydrogens (tertiary/aromatic N) is 2. The van der Waals surface area contributed by atoms with Gasteiger partial charge in [-0.2, -0.15) is 0 Å². The highest BCUT2D eigenvalue weighted by atomic mass is 79.9. The standard InChI is InChI=1S/C25H18BrClN2O6/c1-14-3-5-15(6-4-14)13-34-23-19(26)9-16(11-22(23)33-2)10-21-25(30)35-24(28-21)18-12-17(29(31)32)7-8-20(18)27/h3-12H,13H2,1-2H3/b21-10-. The number of esters is 1. The fraction of sp³-hybridized carbons (Fsp3) is 0.120. The highest BCUT2D eigenvalue weighted by Gasteiger charge is 2.27. The minimum atomic E-state index is -0.711. The van der Waals surface area contributed by atoms with E-state index in [1.807, 2.05) is 31.2 Å². The second-order valence-corrected chi connectivity index (χ2v) is 8.83. The summed E-state index contributed by atoms with van der Waals surface area (Å²) in [6.45, 7) is 2.36. The average Bonchev–Trinajstić information content (AvgIpc) is 3.19. The van der Waals surface area contributed by atoms with Crippen LogP contribution in [0, 0.1) is 17.0 Å². The zero-order chi connectivity index (χ0) is 25.1. The van der Waals surface area contributed by atoms with Gasteiger partial charge in [0, 0.05) is 12.1 Å². The van der Waals surface area contributed by atoms with Crippen LogP contribution in [0.4, 0.5) is 5.69 Å². The fourth-order valence-electron chi connectivity index (χ4n) is 3.28. The van der Waals surface area contributed by atoms with Crippen LogP contribution in [0.1, 0.15) is 22.3 Å². The van der Waals surface area contributed by atoms with Crippen molar-refractivity contribution >= 4 is 51.2 Å². The predicted molar refractivity (Wildman–Crippen MR) is 135 cm³/mol. The SMILES string of the molecule is COc1cc(/C=C2\N=C(c3cc([N+](=O)[O-])ccc3Cl)OC2=O)cc(Br)c1OCc1ccc(C)cc1. The van der Waals surface area contributed by atoms with Crippen LogP contribution in [0.25, 0.3) is 6.08 Å². The van der Waals surface area contributed by atoms with Gasteiger partial charge in [0.15, 0.2) is 17.2 Å². The zero-order valence-electron chi connectivity index (χ0n) is 18.6. The first-order valence-corrected chi connectivity index (χ1v) is 11.4. The minimum Gasteiger partial charge on any atom is -0.493 e. The Hall–Kier alpha value is -3.69. The molecule has 0 N–H and O–H groups in total. The number of ether oxygens (including phenoxy) is 3. The molecule has 1 heterocycles. The third-order valence-corrected chi connectivity index (χ3v) is 5.99. The summed E-state index contributed by atoms with van der Waals surface area (Å²) < 4.78 is 17.3. The zero-order valence-corrected chi connectivity index (χ0v) is 20.9. The number of carbonyl (C=O) groups is 1. The number of benzene rings is 3. The lowest BCUT2D eigenvalue weighted by molar-refractivity contribution is -0.384. The van der Waals surface area contributed by atoms with Crippen molar-refractivity contribution in [2.75, 3.05) is 7.11 Å². The molecule has 0 aliphatic carbocycles. The third kappa shape index (κ3) is 5.52. The van der Waals surface area contributed by atoms with Gasteiger partial charge in [0.2, 0.25) is 5.90 Å². The van der Waals surface area contributed by atoms with Gasteiger partial charge in [0.05, 0.1) is 27.1 Å². The topological polar surface area (TPSA) is 100 Å². The molecule has 10 heteroatoms. The number of carbonyl (C=O) groups excluding carboxylic acids is 1. The second-order valence-electron chi connectivity index (χ2n) is 7.57. The molecule has 0 spiro atoms. The molecule has 1 aliphatic rings. The Balaban J connectivity index is 1.61. The van der Waals surface area contributed by atoms with Crippen LogP contribution in [-0.2, 0) is 16.1 Å². The maximum absolute atomic E-state index is 12.4. The molecule has 3 aromatic rings. The molecule has 0 atom stereocenters. The molecule has 3 aromatic carbocycles. The molecule has 0 radical (unpaired) electrons. The van der Waals surface area contributed by atoms with Crippen LogP contribution in [0.3, 0.4) is 0 Å². The van der Waals surface area contributed by atoms with E-state index >= 15 is 0 Å². The molecule has 0 aromatic heterocycles. The smallest absolute Gasteiger partial charge is 0.363 e. The van der Waals surface area contributed by atoms with Crippen molar-refractivity contribution in [2.45, 2.75) is 13.5 Å². The van der Waals surface area contributed by atoms with E-state index in [0.29, 0.717) is 28.1 Å². The highest BCUT2D eigenvalue weighted by molar-refractivity contribution is 9.10. The van der Waals surface area contributed by atoms with Gasteiger partial charge in [0.25, 0.3) is 5.69 Å². The molecular formula is C25H18BrClN2O6. The fourth-order valence-corrected chi connectivity index (χ4v) is 4.05. The lowest BCUT2D eigenvalue weighted by atomic mass is 10.1. The average molecular weight is 558 g/mol. The number of nitro groups is 1. The van der Waals surface area contributed by atoms with E-state index in [2.05, 4.69) is 20.9 Å². The first-order chi connectivity index (χ1) is 16.7. The van der Waals surface area contributed by atoms with Gasteiger partial charge in [-0.1, -0.05) is 41.4 Å². The molecule has 0 bridgehead atoms. The Kier molecular flexibility index (Phi) is 7.18. The Morgan fingerprint density at radius 2 is 1.91 bits per heavy atom. The van der Waals surface area contributed by atoms with Crippen molar-refractivity contribution in [3.8, 4) is 11.5 Å². The van der Waals surface area contributed by atoms with Crippen LogP contribution in [0.15, 0.2) is 69.8 Å². The van der Waals surface area contributed by atoms with Crippen molar-refractivity contribution in [1.29, 1.82) is 0 Å². The number of nitro benzene ring substituents is 1. The lowest BCUT2D eigenvalue weighted by Gasteiger charge is -2.14. The highest BCUT2D eigenvalue weighted by Crippen LogP contribution is 2.38. The second kappa shape index (κ2) is 10.3. The van der Waals surface area contributed by atoms with Gasteiger partial charge in [-0.25, -0.2) is 9.79 Å². The first-order valence-electron chi connectivity index (χ1n) is 10.3. The molecule has 0 unspecified atom stereocenters. The predicted octanol–water partition coefficient (Wildman–Crippen LogP) is 6.25. The summed E-state index contributed by atoms with van der Waals surface area (Å²) in [4.78, 5) is 27.1. The van der Waals surface area contributed by atoms with Crippen molar-refractivity contribution in [3.63, 3.8) is 0 Å². The molecule has 8 nitrogen and oxygen atoms in total. The number of non-ortho nitro benzene ring substituents is 1. The molecular weight excluding hydrogens is 540 g/mol. The van der Waals surface area contributed by atoms with Crippen LogP contribution in [0.5, 0.6) is 11.5 Å². The van der Waals surface area contributed by atoms with Gasteiger partial charge >= 0.3 is 5.97 Å². The van der Waals surface area contributed by atoms with Crippen molar-refractivity contribution < 1.29 is 23.9 Å². The molecule has 1 aliphatic heterocycles. The van der Waals surface area contributed by atoms with Crippen LogP contribution in [0.2, 0.25) is 5.02 Å².